The predicted molar refractivity (Wildman–Crippen MR) is 71.2 cm³/mol. The number of hydrogen-bond acceptors (Lipinski definition) is 4. The lowest BCUT2D eigenvalue weighted by molar-refractivity contribution is -0.139. The lowest BCUT2D eigenvalue weighted by atomic mass is 9.91. The summed E-state index contributed by atoms with van der Waals surface area (Å²) in [5.41, 5.74) is 0.815. The van der Waals surface area contributed by atoms with Crippen molar-refractivity contribution in [2.75, 3.05) is 5.32 Å². The van der Waals surface area contributed by atoms with Gasteiger partial charge >= 0.3 is 5.97 Å². The first-order valence-electron chi connectivity index (χ1n) is 6.68. The fraction of sp³-hybridized carbons (Fsp3) is 0.692. The number of aromatic nitrogens is 1. The maximum absolute atomic E-state index is 11.2. The van der Waals surface area contributed by atoms with Crippen molar-refractivity contribution in [2.45, 2.75) is 51.0 Å². The van der Waals surface area contributed by atoms with E-state index in [2.05, 4.69) is 17.2 Å². The molecule has 4 nitrogen and oxygen atoms in total. The molecule has 1 heterocycles. The van der Waals surface area contributed by atoms with E-state index in [0.29, 0.717) is 6.04 Å². The van der Waals surface area contributed by atoms with Gasteiger partial charge in [-0.15, -0.1) is 11.3 Å². The van der Waals surface area contributed by atoms with Gasteiger partial charge < -0.3 is 10.4 Å². The number of nitrogens with one attached hydrogen (secondary N) is 1. The topological polar surface area (TPSA) is 62.2 Å². The molecule has 1 aromatic rings. The monoisotopic (exact) mass is 266 g/mol. The summed E-state index contributed by atoms with van der Waals surface area (Å²) < 4.78 is 0. The van der Waals surface area contributed by atoms with Gasteiger partial charge in [0.25, 0.3) is 0 Å². The maximum Gasteiger partial charge on any atom is 0.312 e. The van der Waals surface area contributed by atoms with Crippen LogP contribution in [0.3, 0.4) is 0 Å². The predicted octanol–water partition coefficient (Wildman–Crippen LogP) is 2.86. The first-order valence-corrected chi connectivity index (χ1v) is 7.49. The average Bonchev–Trinajstić information content (AvgIpc) is 2.96. The number of carboxylic acid groups (broad SMARTS) is 1. The SMILES string of the molecule is CCC1CC1Nc1nc2c(s1)CCCC2C(=O)O. The number of carboxylic acids is 1. The minimum absolute atomic E-state index is 0.387. The van der Waals surface area contributed by atoms with Crippen LogP contribution in [-0.2, 0) is 11.2 Å². The second-order valence-electron chi connectivity index (χ2n) is 5.27. The van der Waals surface area contributed by atoms with Crippen LogP contribution in [0.25, 0.3) is 0 Å². The van der Waals surface area contributed by atoms with Crippen molar-refractivity contribution in [3.63, 3.8) is 0 Å². The summed E-state index contributed by atoms with van der Waals surface area (Å²) >= 11 is 1.65. The fourth-order valence-electron chi connectivity index (χ4n) is 2.75. The van der Waals surface area contributed by atoms with Gasteiger partial charge in [0.1, 0.15) is 5.92 Å². The van der Waals surface area contributed by atoms with Gasteiger partial charge in [-0.05, 0) is 31.6 Å². The lowest BCUT2D eigenvalue weighted by Gasteiger charge is -2.16. The third-order valence-corrected chi connectivity index (χ3v) is 5.07. The smallest absolute Gasteiger partial charge is 0.312 e. The molecule has 0 spiro atoms. The zero-order valence-corrected chi connectivity index (χ0v) is 11.3. The lowest BCUT2D eigenvalue weighted by Crippen LogP contribution is -2.17. The standard InChI is InChI=1S/C13H18N2O2S/c1-2-7-6-9(7)14-13-15-11-8(12(16)17)4-3-5-10(11)18-13/h7-9H,2-6H2,1H3,(H,14,15)(H,16,17). The molecule has 0 aromatic carbocycles. The van der Waals surface area contributed by atoms with Gasteiger partial charge in [-0.25, -0.2) is 4.98 Å². The summed E-state index contributed by atoms with van der Waals surface area (Å²) in [6.07, 6.45) is 5.11. The molecule has 1 saturated carbocycles. The summed E-state index contributed by atoms with van der Waals surface area (Å²) in [6, 6.07) is 0.561. The van der Waals surface area contributed by atoms with Crippen LogP contribution in [0.15, 0.2) is 0 Å². The molecule has 2 aliphatic carbocycles. The van der Waals surface area contributed by atoms with Gasteiger partial charge in [-0.1, -0.05) is 13.3 Å². The minimum atomic E-state index is -0.731. The Kier molecular flexibility index (Phi) is 3.01. The van der Waals surface area contributed by atoms with Gasteiger partial charge in [0.2, 0.25) is 0 Å². The van der Waals surface area contributed by atoms with Gasteiger partial charge in [0, 0.05) is 10.9 Å². The number of anilines is 1. The second kappa shape index (κ2) is 4.53. The van der Waals surface area contributed by atoms with Crippen LogP contribution in [0.5, 0.6) is 0 Å². The van der Waals surface area contributed by atoms with Crippen LogP contribution in [0.2, 0.25) is 0 Å². The van der Waals surface area contributed by atoms with Gasteiger partial charge in [0.05, 0.1) is 5.69 Å². The summed E-state index contributed by atoms with van der Waals surface area (Å²) in [7, 11) is 0. The Hall–Kier alpha value is -1.10. The highest BCUT2D eigenvalue weighted by Gasteiger charge is 2.37. The van der Waals surface area contributed by atoms with Crippen molar-refractivity contribution < 1.29 is 9.90 Å². The number of nitrogens with zero attached hydrogens (tertiary/aromatic N) is 1. The molecule has 0 radical (unpaired) electrons. The number of thiazole rings is 1. The van der Waals surface area contributed by atoms with E-state index >= 15 is 0 Å². The van der Waals surface area contributed by atoms with Crippen molar-refractivity contribution in [1.82, 2.24) is 4.98 Å². The summed E-state index contributed by atoms with van der Waals surface area (Å²) in [5.74, 6) is -0.339. The van der Waals surface area contributed by atoms with Crippen LogP contribution in [0.1, 0.15) is 49.1 Å². The number of fused-ring (bicyclic) bond motifs is 1. The molecule has 0 saturated heterocycles. The molecule has 3 rings (SSSR count). The number of aliphatic carboxylic acids is 1. The molecule has 0 bridgehead atoms. The Labute approximate surface area is 110 Å². The molecule has 0 amide bonds. The van der Waals surface area contributed by atoms with Crippen molar-refractivity contribution in [3.05, 3.63) is 10.6 Å². The molecule has 0 aliphatic heterocycles. The van der Waals surface area contributed by atoms with Crippen molar-refractivity contribution in [1.29, 1.82) is 0 Å². The van der Waals surface area contributed by atoms with E-state index in [1.165, 1.54) is 17.7 Å². The van der Waals surface area contributed by atoms with E-state index in [4.69, 9.17) is 0 Å². The molecule has 1 aromatic heterocycles. The third-order valence-electron chi connectivity index (χ3n) is 4.01. The minimum Gasteiger partial charge on any atom is -0.481 e. The molecule has 98 valence electrons. The van der Waals surface area contributed by atoms with E-state index in [1.807, 2.05) is 0 Å². The van der Waals surface area contributed by atoms with E-state index < -0.39 is 5.97 Å². The molecule has 2 aliphatic rings. The Morgan fingerprint density at radius 2 is 2.44 bits per heavy atom. The van der Waals surface area contributed by atoms with Gasteiger partial charge in [0.15, 0.2) is 5.13 Å². The Balaban J connectivity index is 1.76. The first-order chi connectivity index (χ1) is 8.69. The van der Waals surface area contributed by atoms with Crippen LogP contribution < -0.4 is 5.32 Å². The Morgan fingerprint density at radius 1 is 1.61 bits per heavy atom. The zero-order chi connectivity index (χ0) is 12.7. The molecule has 5 heteroatoms. The second-order valence-corrected chi connectivity index (χ2v) is 6.35. The maximum atomic E-state index is 11.2. The van der Waals surface area contributed by atoms with E-state index in [0.717, 1.165) is 36.0 Å². The molecule has 1 fully saturated rings. The fourth-order valence-corrected chi connectivity index (χ4v) is 3.88. The Bertz CT molecular complexity index is 472. The van der Waals surface area contributed by atoms with Crippen molar-refractivity contribution >= 4 is 22.4 Å². The highest BCUT2D eigenvalue weighted by Crippen LogP contribution is 2.40. The van der Waals surface area contributed by atoms with Crippen LogP contribution in [0, 0.1) is 5.92 Å². The number of rotatable bonds is 4. The quantitative estimate of drug-likeness (QED) is 0.879. The molecule has 18 heavy (non-hydrogen) atoms. The van der Waals surface area contributed by atoms with Crippen molar-refractivity contribution in [2.24, 2.45) is 5.92 Å². The third kappa shape index (κ3) is 2.11. The van der Waals surface area contributed by atoms with Crippen molar-refractivity contribution in [3.8, 4) is 0 Å². The van der Waals surface area contributed by atoms with Gasteiger partial charge in [-0.3, -0.25) is 4.79 Å². The summed E-state index contributed by atoms with van der Waals surface area (Å²) in [4.78, 5) is 16.9. The molecule has 2 N–H and O–H groups in total. The Morgan fingerprint density at radius 3 is 3.11 bits per heavy atom. The molecule has 3 atom stereocenters. The highest BCUT2D eigenvalue weighted by molar-refractivity contribution is 7.15. The molecular weight excluding hydrogens is 248 g/mol. The molecular formula is C13H18N2O2S. The van der Waals surface area contributed by atoms with Gasteiger partial charge in [-0.2, -0.15) is 0 Å². The molecule has 3 unspecified atom stereocenters. The number of aryl methyl sites for hydroxylation is 1. The normalized spacial score (nSPS) is 29.7. The number of carbonyl (C=O) groups is 1. The van der Waals surface area contributed by atoms with E-state index in [9.17, 15) is 9.90 Å². The van der Waals surface area contributed by atoms with Crippen LogP contribution >= 0.6 is 11.3 Å². The highest BCUT2D eigenvalue weighted by atomic mass is 32.1. The summed E-state index contributed by atoms with van der Waals surface area (Å²) in [5, 5.41) is 13.6. The van der Waals surface area contributed by atoms with Crippen LogP contribution in [-0.4, -0.2) is 22.1 Å². The average molecular weight is 266 g/mol. The first kappa shape index (κ1) is 12.0. The number of hydrogen-bond donors (Lipinski definition) is 2. The van der Waals surface area contributed by atoms with Crippen LogP contribution in [0.4, 0.5) is 5.13 Å². The van der Waals surface area contributed by atoms with E-state index in [1.54, 1.807) is 11.3 Å². The zero-order valence-electron chi connectivity index (χ0n) is 10.5. The largest absolute Gasteiger partial charge is 0.481 e. The summed E-state index contributed by atoms with van der Waals surface area (Å²) in [6.45, 7) is 2.21. The van der Waals surface area contributed by atoms with E-state index in [-0.39, 0.29) is 5.92 Å².